The summed E-state index contributed by atoms with van der Waals surface area (Å²) in [6.45, 7) is 4.33. The van der Waals surface area contributed by atoms with Crippen molar-refractivity contribution < 1.29 is 14.3 Å². The van der Waals surface area contributed by atoms with Crippen molar-refractivity contribution in [1.82, 2.24) is 4.90 Å². The van der Waals surface area contributed by atoms with Crippen LogP contribution in [0.4, 0.5) is 0 Å². The van der Waals surface area contributed by atoms with Gasteiger partial charge in [-0.05, 0) is 26.2 Å². The van der Waals surface area contributed by atoms with Crippen LogP contribution in [0.15, 0.2) is 0 Å². The normalized spacial score (nSPS) is 21.9. The van der Waals surface area contributed by atoms with Crippen LogP contribution in [0.1, 0.15) is 33.1 Å². The molecule has 0 aromatic carbocycles. The van der Waals surface area contributed by atoms with Gasteiger partial charge in [-0.3, -0.25) is 4.79 Å². The molecule has 1 aliphatic rings. The summed E-state index contributed by atoms with van der Waals surface area (Å²) < 4.78 is 4.93. The molecule has 14 heavy (non-hydrogen) atoms. The standard InChI is InChI=1S/C10H17NO3/c1-3-14-10(13)9-6-4-5-7-11(9)8(2)12/h9H,3-7H2,1-2H3/t9-/m0/s1. The first-order valence-corrected chi connectivity index (χ1v) is 5.10. The van der Waals surface area contributed by atoms with Crippen LogP contribution in [0.3, 0.4) is 0 Å². The Morgan fingerprint density at radius 3 is 2.71 bits per heavy atom. The van der Waals surface area contributed by atoms with Crippen molar-refractivity contribution in [3.8, 4) is 0 Å². The third-order valence-corrected chi connectivity index (χ3v) is 2.47. The number of nitrogens with zero attached hydrogens (tertiary/aromatic N) is 1. The number of amides is 1. The fraction of sp³-hybridized carbons (Fsp3) is 0.800. The van der Waals surface area contributed by atoms with Crippen LogP contribution >= 0.6 is 0 Å². The Labute approximate surface area is 84.2 Å². The number of carbonyl (C=O) groups is 2. The van der Waals surface area contributed by atoms with E-state index >= 15 is 0 Å². The van der Waals surface area contributed by atoms with E-state index < -0.39 is 0 Å². The minimum Gasteiger partial charge on any atom is -0.464 e. The molecule has 0 bridgehead atoms. The minimum absolute atomic E-state index is 0.0391. The molecular formula is C10H17NO3. The van der Waals surface area contributed by atoms with Gasteiger partial charge in [0, 0.05) is 13.5 Å². The van der Waals surface area contributed by atoms with Gasteiger partial charge in [-0.25, -0.2) is 4.79 Å². The average Bonchev–Trinajstić information content (AvgIpc) is 2.18. The Morgan fingerprint density at radius 2 is 2.14 bits per heavy atom. The van der Waals surface area contributed by atoms with E-state index in [0.29, 0.717) is 13.2 Å². The lowest BCUT2D eigenvalue weighted by atomic mass is 10.0. The number of carbonyl (C=O) groups excluding carboxylic acids is 2. The van der Waals surface area contributed by atoms with Crippen molar-refractivity contribution >= 4 is 11.9 Å². The molecule has 0 aromatic heterocycles. The predicted octanol–water partition coefficient (Wildman–Crippen LogP) is 0.950. The van der Waals surface area contributed by atoms with Gasteiger partial charge < -0.3 is 9.64 Å². The first kappa shape index (κ1) is 11.0. The van der Waals surface area contributed by atoms with E-state index in [1.807, 2.05) is 0 Å². The van der Waals surface area contributed by atoms with E-state index in [-0.39, 0.29) is 17.9 Å². The second-order valence-corrected chi connectivity index (χ2v) is 3.48. The summed E-state index contributed by atoms with van der Waals surface area (Å²) in [5, 5.41) is 0. The molecule has 4 heteroatoms. The maximum Gasteiger partial charge on any atom is 0.328 e. The number of hydrogen-bond acceptors (Lipinski definition) is 3. The van der Waals surface area contributed by atoms with Gasteiger partial charge >= 0.3 is 5.97 Å². The van der Waals surface area contributed by atoms with Crippen molar-refractivity contribution in [2.24, 2.45) is 0 Å². The number of ether oxygens (including phenoxy) is 1. The third kappa shape index (κ3) is 2.47. The molecule has 1 saturated heterocycles. The quantitative estimate of drug-likeness (QED) is 0.622. The van der Waals surface area contributed by atoms with Crippen molar-refractivity contribution in [2.45, 2.75) is 39.2 Å². The van der Waals surface area contributed by atoms with Gasteiger partial charge in [0.2, 0.25) is 5.91 Å². The molecule has 1 amide bonds. The summed E-state index contributed by atoms with van der Waals surface area (Å²) in [6, 6.07) is -0.346. The van der Waals surface area contributed by atoms with E-state index in [4.69, 9.17) is 4.74 Å². The highest BCUT2D eigenvalue weighted by molar-refractivity contribution is 5.83. The van der Waals surface area contributed by atoms with E-state index in [1.165, 1.54) is 6.92 Å². The van der Waals surface area contributed by atoms with Gasteiger partial charge in [0.15, 0.2) is 0 Å². The second-order valence-electron chi connectivity index (χ2n) is 3.48. The number of hydrogen-bond donors (Lipinski definition) is 0. The van der Waals surface area contributed by atoms with Gasteiger partial charge in [-0.1, -0.05) is 0 Å². The second kappa shape index (κ2) is 4.98. The lowest BCUT2D eigenvalue weighted by molar-refractivity contribution is -0.155. The molecular weight excluding hydrogens is 182 g/mol. The van der Waals surface area contributed by atoms with E-state index in [0.717, 1.165) is 19.3 Å². The molecule has 1 aliphatic heterocycles. The number of rotatable bonds is 2. The van der Waals surface area contributed by atoms with Gasteiger partial charge in [-0.15, -0.1) is 0 Å². The SMILES string of the molecule is CCOC(=O)[C@@H]1CCCCN1C(C)=O. The molecule has 1 rings (SSSR count). The van der Waals surface area contributed by atoms with Gasteiger partial charge in [-0.2, -0.15) is 0 Å². The number of likely N-dealkylation sites (tertiary alicyclic amines) is 1. The van der Waals surface area contributed by atoms with E-state index in [2.05, 4.69) is 0 Å². The molecule has 0 N–H and O–H groups in total. The van der Waals surface area contributed by atoms with Crippen LogP contribution in [-0.4, -0.2) is 36.0 Å². The van der Waals surface area contributed by atoms with Crippen molar-refractivity contribution in [2.75, 3.05) is 13.2 Å². The Hall–Kier alpha value is -1.06. The van der Waals surface area contributed by atoms with E-state index in [9.17, 15) is 9.59 Å². The van der Waals surface area contributed by atoms with Crippen molar-refractivity contribution in [3.05, 3.63) is 0 Å². The van der Waals surface area contributed by atoms with Gasteiger partial charge in [0.1, 0.15) is 6.04 Å². The smallest absolute Gasteiger partial charge is 0.328 e. The predicted molar refractivity (Wildman–Crippen MR) is 51.7 cm³/mol. The van der Waals surface area contributed by atoms with Crippen LogP contribution in [-0.2, 0) is 14.3 Å². The number of piperidine rings is 1. The van der Waals surface area contributed by atoms with Gasteiger partial charge in [0.05, 0.1) is 6.61 Å². The lowest BCUT2D eigenvalue weighted by Crippen LogP contribution is -2.47. The Bertz CT molecular complexity index is 227. The monoisotopic (exact) mass is 199 g/mol. The fourth-order valence-electron chi connectivity index (χ4n) is 1.79. The molecule has 0 spiro atoms. The van der Waals surface area contributed by atoms with Crippen LogP contribution in [0.25, 0.3) is 0 Å². The van der Waals surface area contributed by atoms with E-state index in [1.54, 1.807) is 11.8 Å². The highest BCUT2D eigenvalue weighted by Crippen LogP contribution is 2.18. The molecule has 0 aromatic rings. The summed E-state index contributed by atoms with van der Waals surface area (Å²) in [5.74, 6) is -0.301. The molecule has 1 heterocycles. The largest absolute Gasteiger partial charge is 0.464 e. The molecule has 80 valence electrons. The first-order chi connectivity index (χ1) is 6.66. The highest BCUT2D eigenvalue weighted by Gasteiger charge is 2.31. The molecule has 4 nitrogen and oxygen atoms in total. The van der Waals surface area contributed by atoms with Crippen molar-refractivity contribution in [1.29, 1.82) is 0 Å². The molecule has 0 unspecified atom stereocenters. The van der Waals surface area contributed by atoms with Crippen LogP contribution < -0.4 is 0 Å². The topological polar surface area (TPSA) is 46.6 Å². The summed E-state index contributed by atoms with van der Waals surface area (Å²) >= 11 is 0. The summed E-state index contributed by atoms with van der Waals surface area (Å²) in [7, 11) is 0. The fourth-order valence-corrected chi connectivity index (χ4v) is 1.79. The maximum absolute atomic E-state index is 11.5. The average molecular weight is 199 g/mol. The zero-order valence-electron chi connectivity index (χ0n) is 8.78. The molecule has 1 fully saturated rings. The molecule has 1 atom stereocenters. The summed E-state index contributed by atoms with van der Waals surface area (Å²) in [4.78, 5) is 24.3. The van der Waals surface area contributed by atoms with Crippen LogP contribution in [0, 0.1) is 0 Å². The Morgan fingerprint density at radius 1 is 1.43 bits per heavy atom. The zero-order valence-corrected chi connectivity index (χ0v) is 8.78. The highest BCUT2D eigenvalue weighted by atomic mass is 16.5. The van der Waals surface area contributed by atoms with Crippen molar-refractivity contribution in [3.63, 3.8) is 0 Å². The molecule has 0 saturated carbocycles. The molecule has 0 radical (unpaired) electrons. The first-order valence-electron chi connectivity index (χ1n) is 5.10. The maximum atomic E-state index is 11.5. The number of esters is 1. The summed E-state index contributed by atoms with van der Waals surface area (Å²) in [6.07, 6.45) is 2.71. The Kier molecular flexibility index (Phi) is 3.92. The van der Waals surface area contributed by atoms with Gasteiger partial charge in [0.25, 0.3) is 0 Å². The van der Waals surface area contributed by atoms with Crippen LogP contribution in [0.2, 0.25) is 0 Å². The van der Waals surface area contributed by atoms with Crippen LogP contribution in [0.5, 0.6) is 0 Å². The zero-order chi connectivity index (χ0) is 10.6. The lowest BCUT2D eigenvalue weighted by Gasteiger charge is -2.33. The molecule has 0 aliphatic carbocycles. The minimum atomic E-state index is -0.346. The Balaban J connectivity index is 2.62. The summed E-state index contributed by atoms with van der Waals surface area (Å²) in [5.41, 5.74) is 0. The third-order valence-electron chi connectivity index (χ3n) is 2.47.